The molecule has 2 aromatic carbocycles. The molecule has 0 aliphatic carbocycles. The second-order valence-electron chi connectivity index (χ2n) is 6.73. The molecule has 7 heteroatoms. The summed E-state index contributed by atoms with van der Waals surface area (Å²) in [6.07, 6.45) is 1.79. The molecule has 1 aliphatic rings. The van der Waals surface area contributed by atoms with Gasteiger partial charge < -0.3 is 9.47 Å². The van der Waals surface area contributed by atoms with Gasteiger partial charge in [-0.1, -0.05) is 59.9 Å². The summed E-state index contributed by atoms with van der Waals surface area (Å²) in [6.45, 7) is 1.76. The number of fused-ring (bicyclic) bond motifs is 1. The van der Waals surface area contributed by atoms with Crippen LogP contribution >= 0.6 is 11.3 Å². The van der Waals surface area contributed by atoms with Gasteiger partial charge in [0.05, 0.1) is 36.1 Å². The quantitative estimate of drug-likeness (QED) is 0.608. The molecule has 152 valence electrons. The van der Waals surface area contributed by atoms with Crippen molar-refractivity contribution < 1.29 is 14.3 Å². The molecule has 0 saturated carbocycles. The summed E-state index contributed by atoms with van der Waals surface area (Å²) in [5, 5.41) is 0. The summed E-state index contributed by atoms with van der Waals surface area (Å²) < 4.78 is 12.5. The average Bonchev–Trinajstić information content (AvgIpc) is 3.07. The maximum Gasteiger partial charge on any atom is 0.338 e. The summed E-state index contributed by atoms with van der Waals surface area (Å²) in [5.74, 6) is 0.179. The molecule has 0 spiro atoms. The lowest BCUT2D eigenvalue weighted by Gasteiger charge is -2.24. The third kappa shape index (κ3) is 3.37. The van der Waals surface area contributed by atoms with Crippen LogP contribution in [0.3, 0.4) is 0 Å². The molecule has 1 aromatic heterocycles. The summed E-state index contributed by atoms with van der Waals surface area (Å²) in [6, 6.07) is 16.3. The first-order valence-corrected chi connectivity index (χ1v) is 10.2. The van der Waals surface area contributed by atoms with Gasteiger partial charge in [0.2, 0.25) is 0 Å². The predicted octanol–water partition coefficient (Wildman–Crippen LogP) is 2.42. The monoisotopic (exact) mass is 420 g/mol. The number of hydrogen-bond acceptors (Lipinski definition) is 6. The van der Waals surface area contributed by atoms with Gasteiger partial charge in [0.25, 0.3) is 5.56 Å². The molecule has 30 heavy (non-hydrogen) atoms. The highest BCUT2D eigenvalue weighted by atomic mass is 32.1. The van der Waals surface area contributed by atoms with E-state index in [1.54, 1.807) is 24.7 Å². The normalized spacial score (nSPS) is 16.1. The largest absolute Gasteiger partial charge is 0.496 e. The van der Waals surface area contributed by atoms with E-state index in [0.717, 1.165) is 11.1 Å². The molecule has 2 heterocycles. The minimum absolute atomic E-state index is 0.215. The first-order chi connectivity index (χ1) is 14.5. The van der Waals surface area contributed by atoms with Crippen LogP contribution in [0.5, 0.6) is 5.75 Å². The van der Waals surface area contributed by atoms with Crippen LogP contribution in [0, 0.1) is 0 Å². The number of allylic oxidation sites excluding steroid dienone is 1. The van der Waals surface area contributed by atoms with Gasteiger partial charge in [0.15, 0.2) is 4.80 Å². The van der Waals surface area contributed by atoms with Crippen LogP contribution in [-0.2, 0) is 9.53 Å². The van der Waals surface area contributed by atoms with Gasteiger partial charge in [0, 0.05) is 5.56 Å². The zero-order valence-electron chi connectivity index (χ0n) is 16.8. The number of esters is 1. The molecule has 1 aliphatic heterocycles. The standard InChI is InChI=1S/C23H20N2O4S/c1-14-19(22(27)29-3)20(15-9-5-4-6-10-15)25-21(26)18(30-23(25)24-14)13-16-11-7-8-12-17(16)28-2/h4-13,20H,1-3H3/t20-/m0/s1. The maximum absolute atomic E-state index is 13.4. The van der Waals surface area contributed by atoms with E-state index in [4.69, 9.17) is 9.47 Å². The van der Waals surface area contributed by atoms with Crippen LogP contribution in [0.25, 0.3) is 6.08 Å². The third-order valence-corrected chi connectivity index (χ3v) is 5.95. The van der Waals surface area contributed by atoms with Crippen molar-refractivity contribution in [1.29, 1.82) is 0 Å². The van der Waals surface area contributed by atoms with Crippen molar-refractivity contribution in [2.45, 2.75) is 13.0 Å². The van der Waals surface area contributed by atoms with Crippen molar-refractivity contribution >= 4 is 23.4 Å². The molecular weight excluding hydrogens is 400 g/mol. The molecule has 0 saturated heterocycles. The lowest BCUT2D eigenvalue weighted by molar-refractivity contribution is -0.136. The van der Waals surface area contributed by atoms with E-state index in [1.165, 1.54) is 18.4 Å². The van der Waals surface area contributed by atoms with Crippen molar-refractivity contribution in [3.05, 3.63) is 96.7 Å². The number of ether oxygens (including phenoxy) is 2. The number of carbonyl (C=O) groups excluding carboxylic acids is 1. The minimum Gasteiger partial charge on any atom is -0.496 e. The van der Waals surface area contributed by atoms with E-state index in [-0.39, 0.29) is 5.56 Å². The minimum atomic E-state index is -0.602. The van der Waals surface area contributed by atoms with E-state index in [2.05, 4.69) is 4.99 Å². The molecular formula is C23H20N2O4S. The van der Waals surface area contributed by atoms with Gasteiger partial charge in [-0.15, -0.1) is 0 Å². The number of thiazole rings is 1. The second-order valence-corrected chi connectivity index (χ2v) is 7.74. The Hall–Kier alpha value is -3.45. The van der Waals surface area contributed by atoms with Crippen molar-refractivity contribution in [3.63, 3.8) is 0 Å². The highest BCUT2D eigenvalue weighted by Gasteiger charge is 2.32. The Morgan fingerprint density at radius 2 is 1.80 bits per heavy atom. The fourth-order valence-corrected chi connectivity index (χ4v) is 4.61. The number of benzene rings is 2. The zero-order chi connectivity index (χ0) is 21.3. The zero-order valence-corrected chi connectivity index (χ0v) is 17.6. The molecule has 0 radical (unpaired) electrons. The van der Waals surface area contributed by atoms with Crippen molar-refractivity contribution in [3.8, 4) is 5.75 Å². The van der Waals surface area contributed by atoms with Gasteiger partial charge >= 0.3 is 5.97 Å². The highest BCUT2D eigenvalue weighted by Crippen LogP contribution is 2.30. The van der Waals surface area contributed by atoms with Gasteiger partial charge in [-0.2, -0.15) is 0 Å². The number of carbonyl (C=O) groups is 1. The van der Waals surface area contributed by atoms with E-state index in [9.17, 15) is 9.59 Å². The summed E-state index contributed by atoms with van der Waals surface area (Å²) in [4.78, 5) is 31.1. The van der Waals surface area contributed by atoms with Crippen LogP contribution in [0.1, 0.15) is 24.1 Å². The van der Waals surface area contributed by atoms with Crippen molar-refractivity contribution in [1.82, 2.24) is 4.57 Å². The second kappa shape index (κ2) is 8.12. The van der Waals surface area contributed by atoms with Gasteiger partial charge in [-0.3, -0.25) is 9.36 Å². The highest BCUT2D eigenvalue weighted by molar-refractivity contribution is 7.07. The van der Waals surface area contributed by atoms with Crippen molar-refractivity contribution in [2.24, 2.45) is 4.99 Å². The number of methoxy groups -OCH3 is 2. The van der Waals surface area contributed by atoms with E-state index in [0.29, 0.717) is 26.4 Å². The number of aromatic nitrogens is 1. The smallest absolute Gasteiger partial charge is 0.338 e. The van der Waals surface area contributed by atoms with Crippen LogP contribution in [0.15, 0.2) is 75.7 Å². The molecule has 0 unspecified atom stereocenters. The first kappa shape index (κ1) is 19.8. The molecule has 0 amide bonds. The Balaban J connectivity index is 1.99. The topological polar surface area (TPSA) is 69.9 Å². The molecule has 0 bridgehead atoms. The molecule has 6 nitrogen and oxygen atoms in total. The molecule has 0 fully saturated rings. The average molecular weight is 420 g/mol. The van der Waals surface area contributed by atoms with E-state index in [1.807, 2.05) is 54.6 Å². The lowest BCUT2D eigenvalue weighted by atomic mass is 9.96. The Labute approximate surface area is 177 Å². The third-order valence-electron chi connectivity index (χ3n) is 4.97. The van der Waals surface area contributed by atoms with Gasteiger partial charge in [-0.25, -0.2) is 9.79 Å². The summed E-state index contributed by atoms with van der Waals surface area (Å²) in [7, 11) is 2.92. The number of para-hydroxylation sites is 1. The Morgan fingerprint density at radius 3 is 2.50 bits per heavy atom. The van der Waals surface area contributed by atoms with E-state index < -0.39 is 12.0 Å². The van der Waals surface area contributed by atoms with E-state index >= 15 is 0 Å². The summed E-state index contributed by atoms with van der Waals surface area (Å²) >= 11 is 1.29. The molecule has 1 atom stereocenters. The van der Waals surface area contributed by atoms with Gasteiger partial charge in [-0.05, 0) is 24.6 Å². The van der Waals surface area contributed by atoms with Crippen LogP contribution in [0.2, 0.25) is 0 Å². The Morgan fingerprint density at radius 1 is 1.10 bits per heavy atom. The van der Waals surface area contributed by atoms with Crippen molar-refractivity contribution in [2.75, 3.05) is 14.2 Å². The van der Waals surface area contributed by atoms with Crippen LogP contribution in [0.4, 0.5) is 0 Å². The fourth-order valence-electron chi connectivity index (χ4n) is 3.57. The van der Waals surface area contributed by atoms with Gasteiger partial charge in [0.1, 0.15) is 5.75 Å². The number of rotatable bonds is 4. The number of nitrogens with zero attached hydrogens (tertiary/aromatic N) is 2. The Kier molecular flexibility index (Phi) is 5.37. The molecule has 0 N–H and O–H groups in total. The molecule has 4 rings (SSSR count). The Bertz CT molecular complexity index is 1320. The molecule has 3 aromatic rings. The summed E-state index contributed by atoms with van der Waals surface area (Å²) in [5.41, 5.74) is 2.30. The number of hydrogen-bond donors (Lipinski definition) is 0. The maximum atomic E-state index is 13.4. The van der Waals surface area contributed by atoms with Crippen LogP contribution in [-0.4, -0.2) is 24.8 Å². The lowest BCUT2D eigenvalue weighted by Crippen LogP contribution is -2.39. The fraction of sp³-hybridized carbons (Fsp3) is 0.174. The first-order valence-electron chi connectivity index (χ1n) is 9.34. The SMILES string of the molecule is COC(=O)C1=C(C)N=c2sc(=Cc3ccccc3OC)c(=O)n2[C@H]1c1ccccc1. The van der Waals surface area contributed by atoms with Crippen LogP contribution < -0.4 is 19.6 Å². The predicted molar refractivity (Wildman–Crippen MR) is 115 cm³/mol.